The summed E-state index contributed by atoms with van der Waals surface area (Å²) >= 11 is 3.37. The van der Waals surface area contributed by atoms with Crippen LogP contribution in [0.1, 0.15) is 16.7 Å². The van der Waals surface area contributed by atoms with Crippen molar-refractivity contribution in [3.8, 4) is 17.6 Å². The molecular weight excluding hydrogens is 513 g/mol. The smallest absolute Gasteiger partial charge is 0.416 e. The molecule has 0 fully saturated rings. The third kappa shape index (κ3) is 6.62. The molecule has 0 aliphatic carbocycles. The van der Waals surface area contributed by atoms with Gasteiger partial charge in [-0.05, 0) is 54.1 Å². The van der Waals surface area contributed by atoms with Crippen molar-refractivity contribution >= 4 is 33.6 Å². The Balaban J connectivity index is 1.85. The molecule has 1 N–H and O–H groups in total. The Hall–Kier alpha value is -3.77. The number of carbonyl (C=O) groups excluding carboxylic acids is 1. The van der Waals surface area contributed by atoms with Gasteiger partial charge >= 0.3 is 6.18 Å². The summed E-state index contributed by atoms with van der Waals surface area (Å²) in [5, 5.41) is 11.8. The van der Waals surface area contributed by atoms with Gasteiger partial charge in [-0.2, -0.15) is 18.4 Å². The highest BCUT2D eigenvalue weighted by Crippen LogP contribution is 2.31. The molecule has 0 saturated carbocycles. The van der Waals surface area contributed by atoms with Gasteiger partial charge in [-0.25, -0.2) is 0 Å². The molecular formula is C25H18BrF3N2O3. The van der Waals surface area contributed by atoms with E-state index in [-0.39, 0.29) is 17.9 Å². The van der Waals surface area contributed by atoms with Crippen LogP contribution in [0.15, 0.2) is 76.8 Å². The normalized spacial score (nSPS) is 11.5. The number of ether oxygens (including phenoxy) is 2. The average Bonchev–Trinajstić information content (AvgIpc) is 2.82. The molecule has 1 amide bonds. The van der Waals surface area contributed by atoms with E-state index in [1.165, 1.54) is 25.3 Å². The van der Waals surface area contributed by atoms with Gasteiger partial charge in [0.25, 0.3) is 5.91 Å². The zero-order valence-corrected chi connectivity index (χ0v) is 19.4. The first-order valence-corrected chi connectivity index (χ1v) is 10.6. The van der Waals surface area contributed by atoms with Crippen molar-refractivity contribution in [2.75, 3.05) is 12.4 Å². The Morgan fingerprint density at radius 1 is 1.12 bits per heavy atom. The van der Waals surface area contributed by atoms with Crippen molar-refractivity contribution in [1.29, 1.82) is 5.26 Å². The second-order valence-corrected chi connectivity index (χ2v) is 7.94. The van der Waals surface area contributed by atoms with Crippen LogP contribution in [0.25, 0.3) is 6.08 Å². The van der Waals surface area contributed by atoms with Crippen molar-refractivity contribution in [1.82, 2.24) is 0 Å². The molecule has 5 nitrogen and oxygen atoms in total. The lowest BCUT2D eigenvalue weighted by Gasteiger charge is -2.12. The van der Waals surface area contributed by atoms with Crippen LogP contribution in [-0.2, 0) is 17.6 Å². The Morgan fingerprint density at radius 2 is 1.85 bits per heavy atom. The third-order valence-corrected chi connectivity index (χ3v) is 5.17. The van der Waals surface area contributed by atoms with Crippen LogP contribution in [0.4, 0.5) is 18.9 Å². The molecule has 0 unspecified atom stereocenters. The first-order valence-electron chi connectivity index (χ1n) is 9.85. The van der Waals surface area contributed by atoms with E-state index < -0.39 is 17.6 Å². The number of alkyl halides is 3. The maximum atomic E-state index is 12.9. The minimum absolute atomic E-state index is 0.0811. The lowest BCUT2D eigenvalue weighted by molar-refractivity contribution is -0.137. The molecule has 0 saturated heterocycles. The number of hydrogen-bond acceptors (Lipinski definition) is 4. The fourth-order valence-electron chi connectivity index (χ4n) is 2.90. The van der Waals surface area contributed by atoms with Crippen molar-refractivity contribution in [3.05, 3.63) is 93.5 Å². The molecule has 3 aromatic carbocycles. The summed E-state index contributed by atoms with van der Waals surface area (Å²) in [4.78, 5) is 12.6. The second-order valence-electron chi connectivity index (χ2n) is 7.02. The summed E-state index contributed by atoms with van der Waals surface area (Å²) in [7, 11) is 1.49. The zero-order chi connectivity index (χ0) is 24.7. The average molecular weight is 531 g/mol. The summed E-state index contributed by atoms with van der Waals surface area (Å²) in [6, 6.07) is 18.3. The summed E-state index contributed by atoms with van der Waals surface area (Å²) in [6.07, 6.45) is -3.25. The highest BCUT2D eigenvalue weighted by molar-refractivity contribution is 9.10. The van der Waals surface area contributed by atoms with Crippen molar-refractivity contribution in [2.45, 2.75) is 12.8 Å². The maximum absolute atomic E-state index is 12.9. The summed E-state index contributed by atoms with van der Waals surface area (Å²) < 4.78 is 50.9. The molecule has 9 heteroatoms. The summed E-state index contributed by atoms with van der Waals surface area (Å²) in [5.41, 5.74) is 0.0162. The van der Waals surface area contributed by atoms with Gasteiger partial charge in [-0.15, -0.1) is 0 Å². The molecule has 34 heavy (non-hydrogen) atoms. The Bertz CT molecular complexity index is 1250. The molecule has 0 aromatic heterocycles. The number of hydrogen-bond donors (Lipinski definition) is 1. The number of nitriles is 1. The van der Waals surface area contributed by atoms with E-state index in [4.69, 9.17) is 9.47 Å². The second kappa shape index (κ2) is 10.9. The van der Waals surface area contributed by atoms with E-state index in [0.29, 0.717) is 17.1 Å². The number of rotatable bonds is 7. The van der Waals surface area contributed by atoms with E-state index in [2.05, 4.69) is 21.2 Å². The number of nitrogens with one attached hydrogen (secondary N) is 1. The molecule has 3 aromatic rings. The standard InChI is InChI=1S/C25H18BrF3N2O3/c1-33-22-10-7-17(23(13-22)34-15-16-5-8-20(26)9-6-16)11-18(14-30)24(32)31-21-4-2-3-19(12-21)25(27,28)29/h2-13H,15H2,1H3,(H,31,32)/b18-11+. The molecule has 0 spiro atoms. The fraction of sp³-hybridized carbons (Fsp3) is 0.120. The molecule has 0 aliphatic rings. The SMILES string of the molecule is COc1ccc(/C=C(\C#N)C(=O)Nc2cccc(C(F)(F)F)c2)c(OCc2ccc(Br)cc2)c1. The van der Waals surface area contributed by atoms with Crippen LogP contribution in [0.2, 0.25) is 0 Å². The van der Waals surface area contributed by atoms with Gasteiger partial charge in [-0.1, -0.05) is 34.1 Å². The van der Waals surface area contributed by atoms with Crippen LogP contribution in [-0.4, -0.2) is 13.0 Å². The van der Waals surface area contributed by atoms with E-state index in [1.807, 2.05) is 24.3 Å². The van der Waals surface area contributed by atoms with Crippen LogP contribution < -0.4 is 14.8 Å². The van der Waals surface area contributed by atoms with Crippen LogP contribution in [0, 0.1) is 11.3 Å². The Labute approximate surface area is 202 Å². The van der Waals surface area contributed by atoms with Crippen LogP contribution in [0.5, 0.6) is 11.5 Å². The molecule has 0 atom stereocenters. The number of nitrogens with zero attached hydrogens (tertiary/aromatic N) is 1. The molecule has 0 bridgehead atoms. The fourth-order valence-corrected chi connectivity index (χ4v) is 3.17. The molecule has 3 rings (SSSR count). The first-order chi connectivity index (χ1) is 16.2. The van der Waals surface area contributed by atoms with Gasteiger partial charge < -0.3 is 14.8 Å². The van der Waals surface area contributed by atoms with E-state index >= 15 is 0 Å². The van der Waals surface area contributed by atoms with Gasteiger partial charge in [0.2, 0.25) is 0 Å². The number of carbonyl (C=O) groups is 1. The quantitative estimate of drug-likeness (QED) is 0.276. The highest BCUT2D eigenvalue weighted by atomic mass is 79.9. The third-order valence-electron chi connectivity index (χ3n) is 4.64. The molecule has 0 aliphatic heterocycles. The Kier molecular flexibility index (Phi) is 7.97. The topological polar surface area (TPSA) is 71.3 Å². The minimum Gasteiger partial charge on any atom is -0.497 e. The minimum atomic E-state index is -4.56. The van der Waals surface area contributed by atoms with Crippen molar-refractivity contribution in [3.63, 3.8) is 0 Å². The monoisotopic (exact) mass is 530 g/mol. The lowest BCUT2D eigenvalue weighted by atomic mass is 10.1. The number of amides is 1. The lowest BCUT2D eigenvalue weighted by Crippen LogP contribution is -2.14. The number of benzene rings is 3. The van der Waals surface area contributed by atoms with Crippen molar-refractivity contribution < 1.29 is 27.4 Å². The molecule has 0 radical (unpaired) electrons. The van der Waals surface area contributed by atoms with E-state index in [0.717, 1.165) is 22.2 Å². The van der Waals surface area contributed by atoms with Gasteiger partial charge in [0, 0.05) is 21.8 Å². The van der Waals surface area contributed by atoms with Gasteiger partial charge in [0.15, 0.2) is 0 Å². The van der Waals surface area contributed by atoms with Crippen LogP contribution in [0.3, 0.4) is 0 Å². The maximum Gasteiger partial charge on any atom is 0.416 e. The Morgan fingerprint density at radius 3 is 2.50 bits per heavy atom. The number of halogens is 4. The summed E-state index contributed by atoms with van der Waals surface area (Å²) in [5.74, 6) is 0.0215. The van der Waals surface area contributed by atoms with Gasteiger partial charge in [0.05, 0.1) is 12.7 Å². The van der Waals surface area contributed by atoms with Crippen molar-refractivity contribution in [2.24, 2.45) is 0 Å². The predicted octanol–water partition coefficient (Wildman–Crippen LogP) is 6.60. The van der Waals surface area contributed by atoms with Gasteiger partial charge in [-0.3, -0.25) is 4.79 Å². The van der Waals surface area contributed by atoms with E-state index in [1.54, 1.807) is 24.3 Å². The summed E-state index contributed by atoms with van der Waals surface area (Å²) in [6.45, 7) is 0.222. The van der Waals surface area contributed by atoms with E-state index in [9.17, 15) is 23.2 Å². The van der Waals surface area contributed by atoms with Gasteiger partial charge in [0.1, 0.15) is 29.7 Å². The first kappa shape index (κ1) is 24.9. The molecule has 0 heterocycles. The zero-order valence-electron chi connectivity index (χ0n) is 17.8. The highest BCUT2D eigenvalue weighted by Gasteiger charge is 2.30. The van der Waals surface area contributed by atoms with Crippen LogP contribution >= 0.6 is 15.9 Å². The molecule has 174 valence electrons. The largest absolute Gasteiger partial charge is 0.497 e. The predicted molar refractivity (Wildman–Crippen MR) is 125 cm³/mol. The number of methoxy groups -OCH3 is 1. The number of anilines is 1.